The maximum absolute atomic E-state index is 9.87. The monoisotopic (exact) mass is 142 g/mol. The molecule has 1 heterocycles. The first-order valence-corrected chi connectivity index (χ1v) is 4.03. The quantitative estimate of drug-likeness (QED) is 0.552. The molecule has 0 amide bonds. The number of hydrogen-bond acceptors (Lipinski definition) is 2. The molecular weight excluding hydrogens is 128 g/mol. The average molecular weight is 142 g/mol. The van der Waals surface area contributed by atoms with Crippen LogP contribution in [0.5, 0.6) is 0 Å². The molecule has 0 aromatic carbocycles. The molecule has 2 rings (SSSR count). The van der Waals surface area contributed by atoms with E-state index in [0.29, 0.717) is 0 Å². The zero-order chi connectivity index (χ0) is 7.24. The Morgan fingerprint density at radius 2 is 2.10 bits per heavy atom. The topological polar surface area (TPSA) is 29.5 Å². The highest BCUT2D eigenvalue weighted by Gasteiger charge is 2.55. The van der Waals surface area contributed by atoms with Gasteiger partial charge in [0.2, 0.25) is 0 Å². The highest BCUT2D eigenvalue weighted by atomic mass is 16.6. The van der Waals surface area contributed by atoms with E-state index in [4.69, 9.17) is 4.74 Å². The molecule has 0 spiro atoms. The van der Waals surface area contributed by atoms with Gasteiger partial charge in [-0.2, -0.15) is 0 Å². The smallest absolute Gasteiger partial charge is 0.170 e. The summed E-state index contributed by atoms with van der Waals surface area (Å²) < 4.78 is 5.32. The van der Waals surface area contributed by atoms with Crippen LogP contribution in [0.15, 0.2) is 0 Å². The van der Waals surface area contributed by atoms with Crippen molar-refractivity contribution in [3.05, 3.63) is 0 Å². The van der Waals surface area contributed by atoms with Crippen LogP contribution in [-0.2, 0) is 4.74 Å². The van der Waals surface area contributed by atoms with Crippen molar-refractivity contribution in [1.29, 1.82) is 0 Å². The number of rotatable bonds is 0. The molecule has 1 aliphatic carbocycles. The third-order valence-electron chi connectivity index (χ3n) is 3.18. The summed E-state index contributed by atoms with van der Waals surface area (Å²) in [4.78, 5) is 0. The van der Waals surface area contributed by atoms with E-state index in [-0.39, 0.29) is 5.41 Å². The van der Waals surface area contributed by atoms with Gasteiger partial charge in [-0.05, 0) is 19.3 Å². The van der Waals surface area contributed by atoms with Crippen LogP contribution >= 0.6 is 0 Å². The second-order valence-corrected chi connectivity index (χ2v) is 3.80. The summed E-state index contributed by atoms with van der Waals surface area (Å²) in [6.07, 6.45) is 4.11. The van der Waals surface area contributed by atoms with E-state index >= 15 is 0 Å². The number of aliphatic hydroxyl groups is 1. The first kappa shape index (κ1) is 6.62. The lowest BCUT2D eigenvalue weighted by Gasteiger charge is -2.30. The lowest BCUT2D eigenvalue weighted by Crippen LogP contribution is -2.37. The van der Waals surface area contributed by atoms with Gasteiger partial charge in [-0.3, -0.25) is 0 Å². The molecule has 1 saturated heterocycles. The first-order chi connectivity index (χ1) is 4.66. The lowest BCUT2D eigenvalue weighted by molar-refractivity contribution is -0.207. The van der Waals surface area contributed by atoms with Crippen LogP contribution in [0.2, 0.25) is 0 Å². The minimum Gasteiger partial charge on any atom is -0.365 e. The second kappa shape index (κ2) is 1.74. The molecule has 0 bridgehead atoms. The zero-order valence-corrected chi connectivity index (χ0v) is 6.39. The molecule has 0 radical (unpaired) electrons. The highest BCUT2D eigenvalue weighted by Crippen LogP contribution is 2.53. The van der Waals surface area contributed by atoms with Crippen LogP contribution in [0.25, 0.3) is 0 Å². The van der Waals surface area contributed by atoms with Gasteiger partial charge >= 0.3 is 0 Å². The SMILES string of the molecule is CC12CCCC1(O)OCC2. The predicted octanol–water partition coefficient (Wildman–Crippen LogP) is 1.29. The molecule has 2 aliphatic rings. The van der Waals surface area contributed by atoms with Crippen molar-refractivity contribution >= 4 is 0 Å². The molecule has 58 valence electrons. The van der Waals surface area contributed by atoms with E-state index in [1.165, 1.54) is 0 Å². The lowest BCUT2D eigenvalue weighted by atomic mass is 9.83. The highest BCUT2D eigenvalue weighted by molar-refractivity contribution is 4.98. The van der Waals surface area contributed by atoms with Crippen LogP contribution in [0, 0.1) is 5.41 Å². The largest absolute Gasteiger partial charge is 0.365 e. The van der Waals surface area contributed by atoms with Crippen molar-refractivity contribution in [1.82, 2.24) is 0 Å². The Labute approximate surface area is 61.2 Å². The third-order valence-corrected chi connectivity index (χ3v) is 3.18. The van der Waals surface area contributed by atoms with Crippen molar-refractivity contribution in [3.8, 4) is 0 Å². The van der Waals surface area contributed by atoms with Gasteiger partial charge in [-0.15, -0.1) is 0 Å². The average Bonchev–Trinajstić information content (AvgIpc) is 2.20. The Kier molecular flexibility index (Phi) is 1.15. The summed E-state index contributed by atoms with van der Waals surface area (Å²) in [5, 5.41) is 9.87. The Bertz CT molecular complexity index is 127. The molecule has 2 atom stereocenters. The van der Waals surface area contributed by atoms with Gasteiger partial charge in [0, 0.05) is 11.8 Å². The van der Waals surface area contributed by atoms with Crippen molar-refractivity contribution in [2.75, 3.05) is 6.61 Å². The number of ether oxygens (including phenoxy) is 1. The fourth-order valence-corrected chi connectivity index (χ4v) is 2.23. The van der Waals surface area contributed by atoms with Crippen LogP contribution in [0.4, 0.5) is 0 Å². The molecular formula is C8H14O2. The van der Waals surface area contributed by atoms with Gasteiger partial charge in [-0.1, -0.05) is 6.92 Å². The van der Waals surface area contributed by atoms with Gasteiger partial charge in [0.1, 0.15) is 0 Å². The Hall–Kier alpha value is -0.0800. The maximum Gasteiger partial charge on any atom is 0.170 e. The van der Waals surface area contributed by atoms with Crippen molar-refractivity contribution in [2.45, 2.75) is 38.4 Å². The van der Waals surface area contributed by atoms with Crippen molar-refractivity contribution in [3.63, 3.8) is 0 Å². The van der Waals surface area contributed by atoms with E-state index in [1.807, 2.05) is 0 Å². The van der Waals surface area contributed by atoms with Gasteiger partial charge in [0.05, 0.1) is 6.61 Å². The summed E-state index contributed by atoms with van der Waals surface area (Å²) >= 11 is 0. The Morgan fingerprint density at radius 1 is 1.30 bits per heavy atom. The molecule has 1 N–H and O–H groups in total. The summed E-state index contributed by atoms with van der Waals surface area (Å²) in [5.74, 6) is -0.757. The first-order valence-electron chi connectivity index (χ1n) is 4.03. The molecule has 0 aromatic rings. The number of fused-ring (bicyclic) bond motifs is 1. The minimum atomic E-state index is -0.757. The molecule has 2 heteroatoms. The molecule has 0 aromatic heterocycles. The zero-order valence-electron chi connectivity index (χ0n) is 6.39. The summed E-state index contributed by atoms with van der Waals surface area (Å²) in [5.41, 5.74) is 0.0764. The molecule has 10 heavy (non-hydrogen) atoms. The van der Waals surface area contributed by atoms with E-state index in [9.17, 15) is 5.11 Å². The van der Waals surface area contributed by atoms with E-state index in [1.54, 1.807) is 0 Å². The summed E-state index contributed by atoms with van der Waals surface area (Å²) in [6.45, 7) is 2.88. The normalized spacial score (nSPS) is 53.4. The van der Waals surface area contributed by atoms with E-state index in [0.717, 1.165) is 32.3 Å². The van der Waals surface area contributed by atoms with Gasteiger partial charge < -0.3 is 9.84 Å². The summed E-state index contributed by atoms with van der Waals surface area (Å²) in [7, 11) is 0. The minimum absolute atomic E-state index is 0.0764. The molecule has 2 fully saturated rings. The van der Waals surface area contributed by atoms with E-state index < -0.39 is 5.79 Å². The number of hydrogen-bond donors (Lipinski definition) is 1. The van der Waals surface area contributed by atoms with Crippen LogP contribution in [0.1, 0.15) is 32.6 Å². The standard InChI is InChI=1S/C8H14O2/c1-7-3-2-4-8(7,9)10-6-5-7/h9H,2-6H2,1H3. The van der Waals surface area contributed by atoms with Gasteiger partial charge in [0.25, 0.3) is 0 Å². The summed E-state index contributed by atoms with van der Waals surface area (Å²) in [6, 6.07) is 0. The Morgan fingerprint density at radius 3 is 2.80 bits per heavy atom. The fourth-order valence-electron chi connectivity index (χ4n) is 2.23. The fraction of sp³-hybridized carbons (Fsp3) is 1.00. The second-order valence-electron chi connectivity index (χ2n) is 3.80. The molecule has 1 saturated carbocycles. The van der Waals surface area contributed by atoms with Crippen molar-refractivity contribution < 1.29 is 9.84 Å². The van der Waals surface area contributed by atoms with Gasteiger partial charge in [0.15, 0.2) is 5.79 Å². The predicted molar refractivity (Wildman–Crippen MR) is 37.5 cm³/mol. The molecule has 2 nitrogen and oxygen atoms in total. The van der Waals surface area contributed by atoms with Crippen LogP contribution in [0.3, 0.4) is 0 Å². The maximum atomic E-state index is 9.87. The van der Waals surface area contributed by atoms with Gasteiger partial charge in [-0.25, -0.2) is 0 Å². The molecule has 1 aliphatic heterocycles. The van der Waals surface area contributed by atoms with Crippen LogP contribution < -0.4 is 0 Å². The molecule has 2 unspecified atom stereocenters. The Balaban J connectivity index is 2.30. The van der Waals surface area contributed by atoms with Crippen LogP contribution in [-0.4, -0.2) is 17.5 Å². The van der Waals surface area contributed by atoms with E-state index in [2.05, 4.69) is 6.92 Å². The van der Waals surface area contributed by atoms with Crippen molar-refractivity contribution in [2.24, 2.45) is 5.41 Å². The third kappa shape index (κ3) is 0.611.